The topological polar surface area (TPSA) is 52.0 Å². The minimum atomic E-state index is 0.220. The number of benzene rings is 1. The third-order valence-electron chi connectivity index (χ3n) is 3.64. The van der Waals surface area contributed by atoms with Gasteiger partial charge in [-0.25, -0.2) is 4.68 Å². The van der Waals surface area contributed by atoms with E-state index >= 15 is 0 Å². The summed E-state index contributed by atoms with van der Waals surface area (Å²) >= 11 is 0. The maximum Gasteiger partial charge on any atom is 0.0818 e. The second kappa shape index (κ2) is 5.50. The lowest BCUT2D eigenvalue weighted by atomic mass is 9.96. The normalized spacial score (nSPS) is 20.6. The van der Waals surface area contributed by atoms with Crippen molar-refractivity contribution in [2.45, 2.75) is 12.5 Å². The Hall–Kier alpha value is -1.72. The van der Waals surface area contributed by atoms with Gasteiger partial charge in [-0.15, -0.1) is 5.10 Å². The second-order valence-corrected chi connectivity index (χ2v) is 4.80. The van der Waals surface area contributed by atoms with E-state index in [2.05, 4.69) is 15.6 Å². The summed E-state index contributed by atoms with van der Waals surface area (Å²) in [4.78, 5) is 0. The largest absolute Gasteiger partial charge is 0.381 e. The quantitative estimate of drug-likeness (QED) is 0.904. The van der Waals surface area contributed by atoms with Crippen molar-refractivity contribution in [3.05, 3.63) is 42.2 Å². The first-order valence-electron chi connectivity index (χ1n) is 6.61. The molecule has 5 nitrogen and oxygen atoms in total. The molecule has 1 fully saturated rings. The van der Waals surface area contributed by atoms with Gasteiger partial charge in [-0.3, -0.25) is 0 Å². The van der Waals surface area contributed by atoms with E-state index in [1.54, 1.807) is 0 Å². The molecule has 19 heavy (non-hydrogen) atoms. The Labute approximate surface area is 112 Å². The zero-order chi connectivity index (χ0) is 13.1. The predicted molar refractivity (Wildman–Crippen MR) is 72.1 cm³/mol. The monoisotopic (exact) mass is 258 g/mol. The molecule has 1 aliphatic heterocycles. The van der Waals surface area contributed by atoms with Gasteiger partial charge in [0.15, 0.2) is 0 Å². The van der Waals surface area contributed by atoms with Crippen molar-refractivity contribution in [3.63, 3.8) is 0 Å². The SMILES string of the molecule is CNC(c1cnnn1-c1ccccc1)C1CCOC1. The van der Waals surface area contributed by atoms with Crippen molar-refractivity contribution >= 4 is 0 Å². The predicted octanol–water partition coefficient (Wildman–Crippen LogP) is 1.56. The van der Waals surface area contributed by atoms with Crippen LogP contribution in [0.1, 0.15) is 18.2 Å². The molecule has 0 radical (unpaired) electrons. The molecule has 2 unspecified atom stereocenters. The van der Waals surface area contributed by atoms with E-state index in [4.69, 9.17) is 4.74 Å². The van der Waals surface area contributed by atoms with Crippen LogP contribution in [-0.4, -0.2) is 35.3 Å². The van der Waals surface area contributed by atoms with Gasteiger partial charge >= 0.3 is 0 Å². The average Bonchev–Trinajstić information content (AvgIpc) is 3.12. The van der Waals surface area contributed by atoms with E-state index in [9.17, 15) is 0 Å². The van der Waals surface area contributed by atoms with Crippen LogP contribution >= 0.6 is 0 Å². The van der Waals surface area contributed by atoms with Crippen LogP contribution in [0.25, 0.3) is 5.69 Å². The van der Waals surface area contributed by atoms with Gasteiger partial charge < -0.3 is 10.1 Å². The van der Waals surface area contributed by atoms with Crippen LogP contribution in [0.15, 0.2) is 36.5 Å². The molecule has 1 saturated heterocycles. The van der Waals surface area contributed by atoms with Crippen molar-refractivity contribution in [1.29, 1.82) is 0 Å². The summed E-state index contributed by atoms with van der Waals surface area (Å²) in [6.45, 7) is 1.64. The van der Waals surface area contributed by atoms with Crippen molar-refractivity contribution in [3.8, 4) is 5.69 Å². The number of rotatable bonds is 4. The summed E-state index contributed by atoms with van der Waals surface area (Å²) in [7, 11) is 1.98. The van der Waals surface area contributed by atoms with E-state index in [-0.39, 0.29) is 6.04 Å². The number of ether oxygens (including phenoxy) is 1. The number of nitrogens with one attached hydrogen (secondary N) is 1. The minimum Gasteiger partial charge on any atom is -0.381 e. The van der Waals surface area contributed by atoms with Gasteiger partial charge in [0.05, 0.1) is 30.2 Å². The van der Waals surface area contributed by atoms with E-state index in [0.717, 1.165) is 31.0 Å². The number of aromatic nitrogens is 3. The number of hydrogen-bond donors (Lipinski definition) is 1. The van der Waals surface area contributed by atoms with E-state index in [0.29, 0.717) is 5.92 Å². The molecule has 0 saturated carbocycles. The molecular weight excluding hydrogens is 240 g/mol. The maximum absolute atomic E-state index is 5.49. The number of para-hydroxylation sites is 1. The summed E-state index contributed by atoms with van der Waals surface area (Å²) in [5, 5.41) is 11.7. The lowest BCUT2D eigenvalue weighted by molar-refractivity contribution is 0.177. The molecule has 1 aliphatic rings. The molecule has 2 atom stereocenters. The van der Waals surface area contributed by atoms with E-state index in [1.807, 2.05) is 48.3 Å². The lowest BCUT2D eigenvalue weighted by Gasteiger charge is -2.22. The summed E-state index contributed by atoms with van der Waals surface area (Å²) in [5.41, 5.74) is 2.12. The molecule has 0 aliphatic carbocycles. The standard InChI is InChI=1S/C14H18N4O/c1-15-14(11-7-8-19-10-11)13-9-16-17-18(13)12-5-3-2-4-6-12/h2-6,9,11,14-15H,7-8,10H2,1H3. The van der Waals surface area contributed by atoms with Crippen LogP contribution in [0.4, 0.5) is 0 Å². The van der Waals surface area contributed by atoms with Gasteiger partial charge in [0.25, 0.3) is 0 Å². The van der Waals surface area contributed by atoms with Gasteiger partial charge in [0.2, 0.25) is 0 Å². The molecule has 100 valence electrons. The minimum absolute atomic E-state index is 0.220. The molecule has 1 aromatic heterocycles. The molecule has 1 aromatic carbocycles. The smallest absolute Gasteiger partial charge is 0.0818 e. The van der Waals surface area contributed by atoms with Gasteiger partial charge in [-0.2, -0.15) is 0 Å². The van der Waals surface area contributed by atoms with E-state index < -0.39 is 0 Å². The molecule has 5 heteroatoms. The third-order valence-corrected chi connectivity index (χ3v) is 3.64. The van der Waals surface area contributed by atoms with Crippen LogP contribution in [0.5, 0.6) is 0 Å². The van der Waals surface area contributed by atoms with Crippen LogP contribution in [0.2, 0.25) is 0 Å². The van der Waals surface area contributed by atoms with Gasteiger partial charge in [0, 0.05) is 12.5 Å². The van der Waals surface area contributed by atoms with Crippen molar-refractivity contribution < 1.29 is 4.74 Å². The van der Waals surface area contributed by atoms with Crippen LogP contribution in [0.3, 0.4) is 0 Å². The second-order valence-electron chi connectivity index (χ2n) is 4.80. The molecular formula is C14H18N4O. The van der Waals surface area contributed by atoms with Crippen molar-refractivity contribution in [2.24, 2.45) is 5.92 Å². The molecule has 0 spiro atoms. The summed E-state index contributed by atoms with van der Waals surface area (Å²) in [6, 6.07) is 10.3. The maximum atomic E-state index is 5.49. The van der Waals surface area contributed by atoms with Gasteiger partial charge in [0.1, 0.15) is 0 Å². The summed E-state index contributed by atoms with van der Waals surface area (Å²) in [6.07, 6.45) is 2.91. The van der Waals surface area contributed by atoms with Crippen LogP contribution < -0.4 is 5.32 Å². The average molecular weight is 258 g/mol. The number of hydrogen-bond acceptors (Lipinski definition) is 4. The van der Waals surface area contributed by atoms with Crippen molar-refractivity contribution in [1.82, 2.24) is 20.3 Å². The summed E-state index contributed by atoms with van der Waals surface area (Å²) < 4.78 is 7.40. The Bertz CT molecular complexity index is 519. The highest BCUT2D eigenvalue weighted by atomic mass is 16.5. The highest BCUT2D eigenvalue weighted by molar-refractivity contribution is 5.32. The Morgan fingerprint density at radius 2 is 2.21 bits per heavy atom. The molecule has 2 aromatic rings. The highest BCUT2D eigenvalue weighted by Gasteiger charge is 2.28. The van der Waals surface area contributed by atoms with Crippen molar-refractivity contribution in [2.75, 3.05) is 20.3 Å². The van der Waals surface area contributed by atoms with Crippen LogP contribution in [0, 0.1) is 5.92 Å². The molecule has 3 rings (SSSR count). The van der Waals surface area contributed by atoms with Gasteiger partial charge in [-0.05, 0) is 25.6 Å². The van der Waals surface area contributed by atoms with E-state index in [1.165, 1.54) is 0 Å². The zero-order valence-corrected chi connectivity index (χ0v) is 11.0. The fraction of sp³-hybridized carbons (Fsp3) is 0.429. The first-order chi connectivity index (χ1) is 9.40. The Morgan fingerprint density at radius 3 is 2.89 bits per heavy atom. The Balaban J connectivity index is 1.94. The number of nitrogens with zero attached hydrogens (tertiary/aromatic N) is 3. The van der Waals surface area contributed by atoms with Gasteiger partial charge in [-0.1, -0.05) is 23.4 Å². The summed E-state index contributed by atoms with van der Waals surface area (Å²) in [5.74, 6) is 0.478. The zero-order valence-electron chi connectivity index (χ0n) is 11.0. The molecule has 2 heterocycles. The molecule has 1 N–H and O–H groups in total. The fourth-order valence-electron chi connectivity index (χ4n) is 2.67. The fourth-order valence-corrected chi connectivity index (χ4v) is 2.67. The molecule has 0 bridgehead atoms. The Kier molecular flexibility index (Phi) is 3.57. The first kappa shape index (κ1) is 12.3. The molecule has 0 amide bonds. The first-order valence-corrected chi connectivity index (χ1v) is 6.61. The Morgan fingerprint density at radius 1 is 1.37 bits per heavy atom. The highest BCUT2D eigenvalue weighted by Crippen LogP contribution is 2.29. The van der Waals surface area contributed by atoms with Crippen LogP contribution in [-0.2, 0) is 4.74 Å². The lowest BCUT2D eigenvalue weighted by Crippen LogP contribution is -2.27. The third kappa shape index (κ3) is 2.39.